The molecule has 2 aliphatic heterocycles. The van der Waals surface area contributed by atoms with E-state index in [4.69, 9.17) is 14.2 Å². The normalized spacial score (nSPS) is 19.3. The third-order valence-corrected chi connectivity index (χ3v) is 6.90. The average molecular weight is 445 g/mol. The summed E-state index contributed by atoms with van der Waals surface area (Å²) in [4.78, 5) is 12.4. The van der Waals surface area contributed by atoms with Crippen molar-refractivity contribution < 1.29 is 27.4 Å². The molecule has 8 nitrogen and oxygen atoms in total. The summed E-state index contributed by atoms with van der Waals surface area (Å²) in [6, 6.07) is 13.8. The van der Waals surface area contributed by atoms with Gasteiger partial charge in [-0.3, -0.25) is 4.79 Å². The van der Waals surface area contributed by atoms with Crippen molar-refractivity contribution in [1.29, 1.82) is 0 Å². The molecule has 0 aromatic heterocycles. The SMILES string of the molecule is O=C(C=Cc1ccc(S(=O)(=O)N2CCOCC2)cc1)NCC1COc2ccccc2O1. The molecule has 164 valence electrons. The molecule has 1 unspecified atom stereocenters. The number of fused-ring (bicyclic) bond motifs is 1. The first-order chi connectivity index (χ1) is 15.0. The van der Waals surface area contributed by atoms with Crippen molar-refractivity contribution in [3.63, 3.8) is 0 Å². The third-order valence-electron chi connectivity index (χ3n) is 4.99. The fourth-order valence-electron chi connectivity index (χ4n) is 3.30. The van der Waals surface area contributed by atoms with Crippen LogP contribution in [0.4, 0.5) is 0 Å². The quantitative estimate of drug-likeness (QED) is 0.682. The van der Waals surface area contributed by atoms with Crippen LogP contribution in [0.15, 0.2) is 59.5 Å². The molecule has 31 heavy (non-hydrogen) atoms. The third kappa shape index (κ3) is 5.25. The molecular formula is C22H24N2O6S. The highest BCUT2D eigenvalue weighted by atomic mass is 32.2. The number of nitrogens with one attached hydrogen (secondary N) is 1. The summed E-state index contributed by atoms with van der Waals surface area (Å²) in [5.41, 5.74) is 0.724. The van der Waals surface area contributed by atoms with Gasteiger partial charge in [0.2, 0.25) is 15.9 Å². The van der Waals surface area contributed by atoms with Gasteiger partial charge in [0.05, 0.1) is 24.7 Å². The minimum Gasteiger partial charge on any atom is -0.486 e. The number of benzene rings is 2. The molecule has 4 rings (SSSR count). The maximum Gasteiger partial charge on any atom is 0.244 e. The Balaban J connectivity index is 1.29. The van der Waals surface area contributed by atoms with E-state index in [0.717, 1.165) is 5.56 Å². The van der Waals surface area contributed by atoms with Crippen LogP contribution >= 0.6 is 0 Å². The predicted molar refractivity (Wildman–Crippen MR) is 114 cm³/mol. The van der Waals surface area contributed by atoms with Crippen LogP contribution in [0, 0.1) is 0 Å². The van der Waals surface area contributed by atoms with Crippen LogP contribution in [0.3, 0.4) is 0 Å². The first-order valence-electron chi connectivity index (χ1n) is 10.0. The molecule has 0 saturated carbocycles. The minimum absolute atomic E-state index is 0.228. The summed E-state index contributed by atoms with van der Waals surface area (Å²) < 4.78 is 43.4. The van der Waals surface area contributed by atoms with Gasteiger partial charge in [-0.25, -0.2) is 8.42 Å². The van der Waals surface area contributed by atoms with Crippen molar-refractivity contribution in [2.24, 2.45) is 0 Å². The maximum atomic E-state index is 12.6. The van der Waals surface area contributed by atoms with E-state index in [1.54, 1.807) is 30.3 Å². The van der Waals surface area contributed by atoms with Crippen molar-refractivity contribution in [1.82, 2.24) is 9.62 Å². The van der Waals surface area contributed by atoms with Crippen molar-refractivity contribution in [2.45, 2.75) is 11.0 Å². The van der Waals surface area contributed by atoms with Gasteiger partial charge in [0.25, 0.3) is 0 Å². The lowest BCUT2D eigenvalue weighted by Gasteiger charge is -2.26. The number of morpholine rings is 1. The second kappa shape index (κ2) is 9.51. The zero-order chi connectivity index (χ0) is 21.7. The van der Waals surface area contributed by atoms with E-state index in [1.807, 2.05) is 24.3 Å². The molecule has 2 aromatic carbocycles. The number of hydrogen-bond donors (Lipinski definition) is 1. The van der Waals surface area contributed by atoms with Crippen LogP contribution in [0.5, 0.6) is 11.5 Å². The first kappa shape index (κ1) is 21.4. The molecule has 2 heterocycles. The van der Waals surface area contributed by atoms with Crippen molar-refractivity contribution in [3.8, 4) is 11.5 Å². The van der Waals surface area contributed by atoms with Crippen LogP contribution < -0.4 is 14.8 Å². The van der Waals surface area contributed by atoms with Gasteiger partial charge < -0.3 is 19.5 Å². The average Bonchev–Trinajstić information content (AvgIpc) is 2.82. The molecular weight excluding hydrogens is 420 g/mol. The summed E-state index contributed by atoms with van der Waals surface area (Å²) in [5, 5.41) is 2.79. The Morgan fingerprint density at radius 1 is 1.06 bits per heavy atom. The Bertz CT molecular complexity index is 1050. The Labute approximate surface area is 181 Å². The van der Waals surface area contributed by atoms with Crippen LogP contribution in [0.2, 0.25) is 0 Å². The highest BCUT2D eigenvalue weighted by Gasteiger charge is 2.26. The standard InChI is InChI=1S/C22H24N2O6S/c25-22(23-15-18-16-29-20-3-1-2-4-21(20)30-18)10-7-17-5-8-19(9-6-17)31(26,27)24-11-13-28-14-12-24/h1-10,18H,11-16H2,(H,23,25). The number of ether oxygens (including phenoxy) is 3. The second-order valence-electron chi connectivity index (χ2n) is 7.16. The second-order valence-corrected chi connectivity index (χ2v) is 9.10. The highest BCUT2D eigenvalue weighted by molar-refractivity contribution is 7.89. The summed E-state index contributed by atoms with van der Waals surface area (Å²) in [6.07, 6.45) is 2.77. The van der Waals surface area contributed by atoms with E-state index < -0.39 is 10.0 Å². The maximum absolute atomic E-state index is 12.6. The van der Waals surface area contributed by atoms with Gasteiger partial charge in [-0.15, -0.1) is 0 Å². The lowest BCUT2D eigenvalue weighted by atomic mass is 10.2. The van der Waals surface area contributed by atoms with Crippen molar-refractivity contribution in [3.05, 3.63) is 60.2 Å². The fraction of sp³-hybridized carbons (Fsp3) is 0.318. The fourth-order valence-corrected chi connectivity index (χ4v) is 4.70. The van der Waals surface area contributed by atoms with E-state index in [1.165, 1.54) is 10.4 Å². The van der Waals surface area contributed by atoms with Gasteiger partial charge in [-0.2, -0.15) is 4.31 Å². The molecule has 0 radical (unpaired) electrons. The molecule has 1 fully saturated rings. The number of carbonyl (C=O) groups excluding carboxylic acids is 1. The van der Waals surface area contributed by atoms with E-state index in [9.17, 15) is 13.2 Å². The Kier molecular flexibility index (Phi) is 6.55. The molecule has 9 heteroatoms. The monoisotopic (exact) mass is 444 g/mol. The Hall–Kier alpha value is -2.88. The lowest BCUT2D eigenvalue weighted by Crippen LogP contribution is -2.40. The van der Waals surface area contributed by atoms with E-state index in [-0.39, 0.29) is 16.9 Å². The summed E-state index contributed by atoms with van der Waals surface area (Å²) in [7, 11) is -3.53. The van der Waals surface area contributed by atoms with Crippen molar-refractivity contribution in [2.75, 3.05) is 39.5 Å². The molecule has 1 atom stereocenters. The molecule has 2 aliphatic rings. The van der Waals surface area contributed by atoms with Gasteiger partial charge in [-0.05, 0) is 35.9 Å². The Morgan fingerprint density at radius 3 is 2.52 bits per heavy atom. The molecule has 1 saturated heterocycles. The van der Waals surface area contributed by atoms with Gasteiger partial charge in [-0.1, -0.05) is 24.3 Å². The van der Waals surface area contributed by atoms with Gasteiger partial charge in [0.1, 0.15) is 12.7 Å². The summed E-state index contributed by atoms with van der Waals surface area (Å²) >= 11 is 0. The van der Waals surface area contributed by atoms with E-state index in [2.05, 4.69) is 5.32 Å². The molecule has 0 bridgehead atoms. The molecule has 0 aliphatic carbocycles. The van der Waals surface area contributed by atoms with Gasteiger partial charge >= 0.3 is 0 Å². The number of rotatable bonds is 6. The van der Waals surface area contributed by atoms with Crippen LogP contribution in [0.25, 0.3) is 6.08 Å². The number of carbonyl (C=O) groups is 1. The zero-order valence-electron chi connectivity index (χ0n) is 16.9. The van der Waals surface area contributed by atoms with Crippen LogP contribution in [-0.2, 0) is 19.6 Å². The minimum atomic E-state index is -3.53. The predicted octanol–water partition coefficient (Wildman–Crippen LogP) is 1.68. The first-order valence-corrected chi connectivity index (χ1v) is 11.5. The smallest absolute Gasteiger partial charge is 0.244 e. The largest absolute Gasteiger partial charge is 0.486 e. The Morgan fingerprint density at radius 2 is 1.77 bits per heavy atom. The van der Waals surface area contributed by atoms with E-state index in [0.29, 0.717) is 51.0 Å². The van der Waals surface area contributed by atoms with Gasteiger partial charge in [0, 0.05) is 19.2 Å². The van der Waals surface area contributed by atoms with E-state index >= 15 is 0 Å². The molecule has 0 spiro atoms. The molecule has 2 aromatic rings. The van der Waals surface area contributed by atoms with Crippen LogP contribution in [0.1, 0.15) is 5.56 Å². The van der Waals surface area contributed by atoms with Crippen molar-refractivity contribution >= 4 is 22.0 Å². The molecule has 1 N–H and O–H groups in total. The summed E-state index contributed by atoms with van der Waals surface area (Å²) in [5.74, 6) is 1.09. The summed E-state index contributed by atoms with van der Waals surface area (Å²) in [6.45, 7) is 2.19. The topological polar surface area (TPSA) is 94.2 Å². The number of amides is 1. The number of hydrogen-bond acceptors (Lipinski definition) is 6. The highest BCUT2D eigenvalue weighted by Crippen LogP contribution is 2.30. The molecule has 1 amide bonds. The van der Waals surface area contributed by atoms with Gasteiger partial charge in [0.15, 0.2) is 11.5 Å². The number of para-hydroxylation sites is 2. The van der Waals surface area contributed by atoms with Crippen LogP contribution in [-0.4, -0.2) is 64.2 Å². The lowest BCUT2D eigenvalue weighted by molar-refractivity contribution is -0.116. The zero-order valence-corrected chi connectivity index (χ0v) is 17.7. The number of sulfonamides is 1. The number of nitrogens with zero attached hydrogens (tertiary/aromatic N) is 1.